The molecule has 1 aromatic rings. The molecule has 1 rings (SSSR count). The molecule has 0 saturated heterocycles. The van der Waals surface area contributed by atoms with E-state index in [2.05, 4.69) is 20.9 Å². The van der Waals surface area contributed by atoms with Crippen molar-refractivity contribution >= 4 is 21.9 Å². The molecule has 1 aromatic heterocycles. The molecule has 5 heteroatoms. The van der Waals surface area contributed by atoms with Crippen LogP contribution in [0, 0.1) is 0 Å². The molecule has 1 heterocycles. The number of hydrogen-bond acceptors (Lipinski definition) is 3. The van der Waals surface area contributed by atoms with Gasteiger partial charge in [0.15, 0.2) is 6.10 Å². The van der Waals surface area contributed by atoms with Crippen molar-refractivity contribution in [2.45, 2.75) is 12.5 Å². The zero-order chi connectivity index (χ0) is 10.6. The molecule has 0 aliphatic heterocycles. The van der Waals surface area contributed by atoms with Crippen LogP contribution in [0.2, 0.25) is 0 Å². The summed E-state index contributed by atoms with van der Waals surface area (Å²) < 4.78 is 5.61. The van der Waals surface area contributed by atoms with E-state index < -0.39 is 12.1 Å². The second-order valence-electron chi connectivity index (χ2n) is 2.70. The number of rotatable bonds is 4. The van der Waals surface area contributed by atoms with Crippen LogP contribution in [0.15, 0.2) is 22.8 Å². The third-order valence-corrected chi connectivity index (χ3v) is 2.50. The molecule has 0 aromatic carbocycles. The topological polar surface area (TPSA) is 59.4 Å². The summed E-state index contributed by atoms with van der Waals surface area (Å²) in [6.45, 7) is 0. The van der Waals surface area contributed by atoms with E-state index in [9.17, 15) is 4.79 Å². The van der Waals surface area contributed by atoms with Gasteiger partial charge < -0.3 is 9.84 Å². The maximum absolute atomic E-state index is 10.7. The average Bonchev–Trinajstić information content (AvgIpc) is 2.16. The first-order chi connectivity index (χ1) is 6.65. The van der Waals surface area contributed by atoms with Crippen LogP contribution in [-0.4, -0.2) is 29.3 Å². The number of carboxylic acids is 1. The maximum Gasteiger partial charge on any atom is 0.333 e. The number of methoxy groups -OCH3 is 1. The lowest BCUT2D eigenvalue weighted by atomic mass is 10.2. The molecule has 76 valence electrons. The second kappa shape index (κ2) is 5.07. The molecular formula is C9H10BrNO3. The highest BCUT2D eigenvalue weighted by atomic mass is 79.9. The summed E-state index contributed by atoms with van der Waals surface area (Å²) in [6.07, 6.45) is 1.03. The Morgan fingerprint density at radius 2 is 2.50 bits per heavy atom. The quantitative estimate of drug-likeness (QED) is 0.890. The third kappa shape index (κ3) is 2.78. The Balaban J connectivity index is 2.77. The van der Waals surface area contributed by atoms with Crippen LogP contribution in [0.4, 0.5) is 0 Å². The Morgan fingerprint density at radius 3 is 3.00 bits per heavy atom. The van der Waals surface area contributed by atoms with Gasteiger partial charge >= 0.3 is 5.97 Å². The maximum atomic E-state index is 10.7. The first-order valence-electron chi connectivity index (χ1n) is 4.00. The van der Waals surface area contributed by atoms with Crippen molar-refractivity contribution in [2.75, 3.05) is 7.11 Å². The predicted molar refractivity (Wildman–Crippen MR) is 54.1 cm³/mol. The summed E-state index contributed by atoms with van der Waals surface area (Å²) in [7, 11) is 1.37. The number of nitrogens with zero attached hydrogens (tertiary/aromatic N) is 1. The first kappa shape index (κ1) is 11.1. The van der Waals surface area contributed by atoms with E-state index in [-0.39, 0.29) is 6.42 Å². The lowest BCUT2D eigenvalue weighted by Crippen LogP contribution is -2.25. The zero-order valence-corrected chi connectivity index (χ0v) is 9.19. The SMILES string of the molecule is COC(Cc1ncccc1Br)C(=O)O. The van der Waals surface area contributed by atoms with E-state index in [4.69, 9.17) is 9.84 Å². The number of halogens is 1. The summed E-state index contributed by atoms with van der Waals surface area (Å²) >= 11 is 3.29. The van der Waals surface area contributed by atoms with Crippen molar-refractivity contribution in [3.05, 3.63) is 28.5 Å². The highest BCUT2D eigenvalue weighted by molar-refractivity contribution is 9.10. The Hall–Kier alpha value is -0.940. The Morgan fingerprint density at radius 1 is 1.79 bits per heavy atom. The van der Waals surface area contributed by atoms with E-state index in [1.54, 1.807) is 12.3 Å². The van der Waals surface area contributed by atoms with Gasteiger partial charge in [-0.3, -0.25) is 4.98 Å². The number of ether oxygens (including phenoxy) is 1. The molecule has 1 unspecified atom stereocenters. The lowest BCUT2D eigenvalue weighted by molar-refractivity contribution is -0.148. The van der Waals surface area contributed by atoms with Crippen LogP contribution in [-0.2, 0) is 16.0 Å². The standard InChI is InChI=1S/C9H10BrNO3/c1-14-8(9(12)13)5-7-6(10)3-2-4-11-7/h2-4,8H,5H2,1H3,(H,12,13). The highest BCUT2D eigenvalue weighted by Crippen LogP contribution is 2.15. The van der Waals surface area contributed by atoms with Crippen LogP contribution in [0.25, 0.3) is 0 Å². The Bertz CT molecular complexity index is 330. The highest BCUT2D eigenvalue weighted by Gasteiger charge is 2.18. The van der Waals surface area contributed by atoms with Crippen LogP contribution in [0.1, 0.15) is 5.69 Å². The fourth-order valence-corrected chi connectivity index (χ4v) is 1.43. The molecule has 0 aliphatic rings. The van der Waals surface area contributed by atoms with E-state index >= 15 is 0 Å². The van der Waals surface area contributed by atoms with Crippen molar-refractivity contribution in [2.24, 2.45) is 0 Å². The summed E-state index contributed by atoms with van der Waals surface area (Å²) in [5.41, 5.74) is 0.682. The van der Waals surface area contributed by atoms with Crippen LogP contribution >= 0.6 is 15.9 Å². The Kier molecular flexibility index (Phi) is 4.03. The normalized spacial score (nSPS) is 12.4. The molecule has 0 aliphatic carbocycles. The van der Waals surface area contributed by atoms with Gasteiger partial charge in [-0.15, -0.1) is 0 Å². The molecule has 0 spiro atoms. The van der Waals surface area contributed by atoms with Crippen molar-refractivity contribution in [1.29, 1.82) is 0 Å². The summed E-state index contributed by atoms with van der Waals surface area (Å²) in [5.74, 6) is -0.981. The van der Waals surface area contributed by atoms with E-state index in [0.717, 1.165) is 4.47 Å². The molecule has 1 atom stereocenters. The minimum absolute atomic E-state index is 0.257. The lowest BCUT2D eigenvalue weighted by Gasteiger charge is -2.10. The van der Waals surface area contributed by atoms with Crippen LogP contribution in [0.3, 0.4) is 0 Å². The number of carbonyl (C=O) groups is 1. The van der Waals surface area contributed by atoms with E-state index in [0.29, 0.717) is 5.69 Å². The minimum Gasteiger partial charge on any atom is -0.479 e. The van der Waals surface area contributed by atoms with Crippen molar-refractivity contribution < 1.29 is 14.6 Å². The van der Waals surface area contributed by atoms with Gasteiger partial charge in [0.1, 0.15) is 0 Å². The number of carboxylic acid groups (broad SMARTS) is 1. The summed E-state index contributed by atoms with van der Waals surface area (Å²) in [5, 5.41) is 8.76. The van der Waals surface area contributed by atoms with E-state index in [1.165, 1.54) is 7.11 Å². The first-order valence-corrected chi connectivity index (χ1v) is 4.79. The molecule has 0 amide bonds. The zero-order valence-electron chi connectivity index (χ0n) is 7.61. The largest absolute Gasteiger partial charge is 0.479 e. The predicted octanol–water partition coefficient (Wildman–Crippen LogP) is 1.49. The molecule has 0 bridgehead atoms. The molecule has 0 radical (unpaired) electrons. The monoisotopic (exact) mass is 259 g/mol. The molecule has 14 heavy (non-hydrogen) atoms. The number of pyridine rings is 1. The molecule has 4 nitrogen and oxygen atoms in total. The fraction of sp³-hybridized carbons (Fsp3) is 0.333. The van der Waals surface area contributed by atoms with Gasteiger partial charge in [-0.05, 0) is 28.1 Å². The summed E-state index contributed by atoms with van der Waals surface area (Å²) in [6, 6.07) is 3.59. The van der Waals surface area contributed by atoms with Crippen molar-refractivity contribution in [1.82, 2.24) is 4.98 Å². The smallest absolute Gasteiger partial charge is 0.333 e. The molecule has 0 saturated carbocycles. The van der Waals surface area contributed by atoms with Gasteiger partial charge in [0.05, 0.1) is 5.69 Å². The van der Waals surface area contributed by atoms with Crippen molar-refractivity contribution in [3.8, 4) is 0 Å². The minimum atomic E-state index is -0.981. The van der Waals surface area contributed by atoms with Gasteiger partial charge in [0.2, 0.25) is 0 Å². The van der Waals surface area contributed by atoms with E-state index in [1.807, 2.05) is 6.07 Å². The fourth-order valence-electron chi connectivity index (χ4n) is 1.02. The average molecular weight is 260 g/mol. The summed E-state index contributed by atoms with van der Waals surface area (Å²) in [4.78, 5) is 14.7. The molecule has 1 N–H and O–H groups in total. The number of aliphatic carboxylic acids is 1. The van der Waals surface area contributed by atoms with Gasteiger partial charge in [-0.25, -0.2) is 4.79 Å². The second-order valence-corrected chi connectivity index (χ2v) is 3.55. The van der Waals surface area contributed by atoms with Gasteiger partial charge in [0.25, 0.3) is 0 Å². The van der Waals surface area contributed by atoms with Crippen LogP contribution < -0.4 is 0 Å². The number of aromatic nitrogens is 1. The van der Waals surface area contributed by atoms with Crippen molar-refractivity contribution in [3.63, 3.8) is 0 Å². The van der Waals surface area contributed by atoms with Gasteiger partial charge in [-0.1, -0.05) is 0 Å². The van der Waals surface area contributed by atoms with Gasteiger partial charge in [0, 0.05) is 24.2 Å². The third-order valence-electron chi connectivity index (χ3n) is 1.77. The van der Waals surface area contributed by atoms with Gasteiger partial charge in [-0.2, -0.15) is 0 Å². The molecule has 0 fully saturated rings. The Labute approximate surface area is 90.0 Å². The van der Waals surface area contributed by atoms with Crippen LogP contribution in [0.5, 0.6) is 0 Å². The number of hydrogen-bond donors (Lipinski definition) is 1. The molecular weight excluding hydrogens is 250 g/mol.